The molecular formula is C13H18N2O4S. The van der Waals surface area contributed by atoms with Gasteiger partial charge in [0, 0.05) is 17.9 Å². The SMILES string of the molecule is Cc1cc(NCC2CCCS2(=O)=O)cc(C(=O)O)c1N. The molecule has 1 atom stereocenters. The van der Waals surface area contributed by atoms with Crippen molar-refractivity contribution in [2.45, 2.75) is 25.0 Å². The van der Waals surface area contributed by atoms with E-state index in [0.717, 1.165) is 0 Å². The van der Waals surface area contributed by atoms with Crippen LogP contribution in [0.2, 0.25) is 0 Å². The maximum atomic E-state index is 11.7. The van der Waals surface area contributed by atoms with Crippen molar-refractivity contribution in [2.24, 2.45) is 0 Å². The van der Waals surface area contributed by atoms with Crippen LogP contribution >= 0.6 is 0 Å². The van der Waals surface area contributed by atoms with Crippen LogP contribution in [0.1, 0.15) is 28.8 Å². The highest BCUT2D eigenvalue weighted by atomic mass is 32.2. The van der Waals surface area contributed by atoms with Gasteiger partial charge in [-0.1, -0.05) is 0 Å². The minimum atomic E-state index is -3.01. The smallest absolute Gasteiger partial charge is 0.337 e. The Morgan fingerprint density at radius 3 is 2.75 bits per heavy atom. The molecule has 1 aromatic rings. The van der Waals surface area contributed by atoms with Crippen LogP contribution in [0.25, 0.3) is 0 Å². The van der Waals surface area contributed by atoms with Crippen molar-refractivity contribution in [3.8, 4) is 0 Å². The summed E-state index contributed by atoms with van der Waals surface area (Å²) in [6.07, 6.45) is 1.34. The van der Waals surface area contributed by atoms with Gasteiger partial charge in [0.2, 0.25) is 0 Å². The molecule has 0 radical (unpaired) electrons. The Labute approximate surface area is 117 Å². The molecule has 1 saturated heterocycles. The third-order valence-electron chi connectivity index (χ3n) is 3.61. The first-order valence-corrected chi connectivity index (χ1v) is 8.11. The molecule has 0 bridgehead atoms. The number of carbonyl (C=O) groups is 1. The number of rotatable bonds is 4. The van der Waals surface area contributed by atoms with Gasteiger partial charge in [0.25, 0.3) is 0 Å². The van der Waals surface area contributed by atoms with E-state index in [0.29, 0.717) is 30.6 Å². The number of aromatic carboxylic acids is 1. The third kappa shape index (κ3) is 2.87. The largest absolute Gasteiger partial charge is 0.478 e. The monoisotopic (exact) mass is 298 g/mol. The quantitative estimate of drug-likeness (QED) is 0.722. The number of carboxylic acids is 1. The van der Waals surface area contributed by atoms with Crippen molar-refractivity contribution in [2.75, 3.05) is 23.3 Å². The van der Waals surface area contributed by atoms with E-state index in [2.05, 4.69) is 5.32 Å². The molecule has 1 aromatic carbocycles. The first-order chi connectivity index (χ1) is 9.31. The molecule has 0 saturated carbocycles. The average molecular weight is 298 g/mol. The van der Waals surface area contributed by atoms with Gasteiger partial charge >= 0.3 is 5.97 Å². The van der Waals surface area contributed by atoms with Crippen molar-refractivity contribution < 1.29 is 18.3 Å². The number of hydrogen-bond acceptors (Lipinski definition) is 5. The molecule has 4 N–H and O–H groups in total. The fourth-order valence-electron chi connectivity index (χ4n) is 2.40. The number of benzene rings is 1. The summed E-state index contributed by atoms with van der Waals surface area (Å²) in [5, 5.41) is 11.7. The molecule has 1 unspecified atom stereocenters. The van der Waals surface area contributed by atoms with E-state index >= 15 is 0 Å². The lowest BCUT2D eigenvalue weighted by molar-refractivity contribution is 0.0698. The molecule has 0 aliphatic carbocycles. The summed E-state index contributed by atoms with van der Waals surface area (Å²) < 4.78 is 23.5. The van der Waals surface area contributed by atoms with Crippen LogP contribution in [0.3, 0.4) is 0 Å². The first-order valence-electron chi connectivity index (χ1n) is 6.40. The number of nitrogen functional groups attached to an aromatic ring is 1. The predicted octanol–water partition coefficient (Wildman–Crippen LogP) is 1.26. The van der Waals surface area contributed by atoms with E-state index in [-0.39, 0.29) is 17.0 Å². The molecular weight excluding hydrogens is 280 g/mol. The number of hydrogen-bond donors (Lipinski definition) is 3. The van der Waals surface area contributed by atoms with Crippen molar-refractivity contribution in [3.05, 3.63) is 23.3 Å². The van der Waals surface area contributed by atoms with Crippen LogP contribution in [-0.2, 0) is 9.84 Å². The number of nitrogens with one attached hydrogen (secondary N) is 1. The Bertz CT molecular complexity index is 640. The summed E-state index contributed by atoms with van der Waals surface area (Å²) in [4.78, 5) is 11.1. The average Bonchev–Trinajstić information content (AvgIpc) is 2.69. The fraction of sp³-hybridized carbons (Fsp3) is 0.462. The number of aryl methyl sites for hydroxylation is 1. The van der Waals surface area contributed by atoms with E-state index < -0.39 is 21.1 Å². The summed E-state index contributed by atoms with van der Waals surface area (Å²) in [5.74, 6) is -0.858. The molecule has 20 heavy (non-hydrogen) atoms. The Kier molecular flexibility index (Phi) is 3.89. The van der Waals surface area contributed by atoms with Crippen LogP contribution in [0.5, 0.6) is 0 Å². The Hall–Kier alpha value is -1.76. The second-order valence-electron chi connectivity index (χ2n) is 5.07. The maximum Gasteiger partial charge on any atom is 0.337 e. The van der Waals surface area contributed by atoms with Gasteiger partial charge in [-0.2, -0.15) is 0 Å². The fourth-order valence-corrected chi connectivity index (χ4v) is 4.16. The highest BCUT2D eigenvalue weighted by molar-refractivity contribution is 7.92. The van der Waals surface area contributed by atoms with Gasteiger partial charge in [-0.25, -0.2) is 13.2 Å². The number of anilines is 2. The van der Waals surface area contributed by atoms with Gasteiger partial charge in [0.05, 0.1) is 16.6 Å². The summed E-state index contributed by atoms with van der Waals surface area (Å²) >= 11 is 0. The van der Waals surface area contributed by atoms with Gasteiger partial charge in [-0.3, -0.25) is 0 Å². The lowest BCUT2D eigenvalue weighted by Crippen LogP contribution is -2.25. The van der Waals surface area contributed by atoms with Crippen LogP contribution in [0.15, 0.2) is 12.1 Å². The number of sulfone groups is 1. The Morgan fingerprint density at radius 2 is 2.20 bits per heavy atom. The van der Waals surface area contributed by atoms with Crippen LogP contribution in [0, 0.1) is 6.92 Å². The maximum absolute atomic E-state index is 11.7. The number of carboxylic acid groups (broad SMARTS) is 1. The second kappa shape index (κ2) is 5.32. The van der Waals surface area contributed by atoms with Crippen molar-refractivity contribution in [3.63, 3.8) is 0 Å². The van der Waals surface area contributed by atoms with E-state index in [1.807, 2.05) is 0 Å². The molecule has 1 heterocycles. The van der Waals surface area contributed by atoms with Gasteiger partial charge in [-0.15, -0.1) is 0 Å². The van der Waals surface area contributed by atoms with Gasteiger partial charge in [0.15, 0.2) is 9.84 Å². The summed E-state index contributed by atoms with van der Waals surface area (Å²) in [7, 11) is -3.01. The molecule has 1 aliphatic heterocycles. The standard InChI is InChI=1S/C13H18N2O4S/c1-8-5-9(6-11(12(8)14)13(16)17)15-7-10-3-2-4-20(10,18)19/h5-6,10,15H,2-4,7,14H2,1H3,(H,16,17). The summed E-state index contributed by atoms with van der Waals surface area (Å²) in [5.41, 5.74) is 7.21. The molecule has 7 heteroatoms. The zero-order chi connectivity index (χ0) is 14.9. The van der Waals surface area contributed by atoms with Crippen LogP contribution < -0.4 is 11.1 Å². The number of nitrogens with two attached hydrogens (primary N) is 1. The van der Waals surface area contributed by atoms with Crippen LogP contribution in [-0.4, -0.2) is 37.0 Å². The minimum Gasteiger partial charge on any atom is -0.478 e. The molecule has 2 rings (SSSR count). The molecule has 6 nitrogen and oxygen atoms in total. The third-order valence-corrected chi connectivity index (χ3v) is 5.89. The summed E-state index contributed by atoms with van der Waals surface area (Å²) in [6.45, 7) is 2.02. The predicted molar refractivity (Wildman–Crippen MR) is 77.8 cm³/mol. The van der Waals surface area contributed by atoms with Gasteiger partial charge < -0.3 is 16.2 Å². The molecule has 110 valence electrons. The van der Waals surface area contributed by atoms with E-state index in [1.54, 1.807) is 13.0 Å². The van der Waals surface area contributed by atoms with Crippen molar-refractivity contribution in [1.29, 1.82) is 0 Å². The zero-order valence-electron chi connectivity index (χ0n) is 11.2. The Morgan fingerprint density at radius 1 is 1.50 bits per heavy atom. The topological polar surface area (TPSA) is 109 Å². The zero-order valence-corrected chi connectivity index (χ0v) is 12.0. The van der Waals surface area contributed by atoms with E-state index in [4.69, 9.17) is 10.8 Å². The second-order valence-corrected chi connectivity index (χ2v) is 7.47. The molecule has 1 aliphatic rings. The normalized spacial score (nSPS) is 20.8. The molecule has 1 fully saturated rings. The van der Waals surface area contributed by atoms with Crippen molar-refractivity contribution >= 4 is 27.2 Å². The summed E-state index contributed by atoms with van der Waals surface area (Å²) in [6, 6.07) is 3.16. The van der Waals surface area contributed by atoms with E-state index in [9.17, 15) is 13.2 Å². The van der Waals surface area contributed by atoms with Gasteiger partial charge in [0.1, 0.15) is 0 Å². The minimum absolute atomic E-state index is 0.0294. The lowest BCUT2D eigenvalue weighted by atomic mass is 10.1. The lowest BCUT2D eigenvalue weighted by Gasteiger charge is -2.14. The highest BCUT2D eigenvalue weighted by Crippen LogP contribution is 2.25. The first kappa shape index (κ1) is 14.6. The van der Waals surface area contributed by atoms with Gasteiger partial charge in [-0.05, 0) is 37.5 Å². The van der Waals surface area contributed by atoms with Crippen LogP contribution in [0.4, 0.5) is 11.4 Å². The molecule has 0 spiro atoms. The van der Waals surface area contributed by atoms with E-state index in [1.165, 1.54) is 6.07 Å². The highest BCUT2D eigenvalue weighted by Gasteiger charge is 2.30. The molecule has 0 amide bonds. The van der Waals surface area contributed by atoms with Crippen molar-refractivity contribution in [1.82, 2.24) is 0 Å². The molecule has 0 aromatic heterocycles. The Balaban J connectivity index is 2.16.